The molecule has 0 aliphatic heterocycles. The second-order valence-electron chi connectivity index (χ2n) is 15.5. The molecule has 11 aromatic rings. The van der Waals surface area contributed by atoms with Crippen molar-refractivity contribution in [3.8, 4) is 44.5 Å². The third kappa shape index (κ3) is 3.79. The first kappa shape index (κ1) is 30.1. The molecule has 1 nitrogen and oxygen atoms in total. The predicted octanol–water partition coefficient (Wildman–Crippen LogP) is 14.7. The molecule has 13 rings (SSSR count). The van der Waals surface area contributed by atoms with Crippen LogP contribution < -0.4 is 0 Å². The average molecular weight is 709 g/mol. The Morgan fingerprint density at radius 3 is 1.79 bits per heavy atom. The van der Waals surface area contributed by atoms with Gasteiger partial charge in [0.15, 0.2) is 0 Å². The first-order valence-corrected chi connectivity index (χ1v) is 19.5. The van der Waals surface area contributed by atoms with E-state index in [4.69, 9.17) is 4.42 Å². The van der Waals surface area contributed by atoms with Crippen molar-refractivity contribution in [1.82, 2.24) is 0 Å². The minimum absolute atomic E-state index is 0.508. The van der Waals surface area contributed by atoms with Gasteiger partial charge in [0.05, 0.1) is 5.41 Å². The van der Waals surface area contributed by atoms with Gasteiger partial charge in [-0.15, -0.1) is 0 Å². The Morgan fingerprint density at radius 1 is 0.321 bits per heavy atom. The van der Waals surface area contributed by atoms with Crippen LogP contribution in [0.4, 0.5) is 0 Å². The maximum absolute atomic E-state index is 6.70. The Bertz CT molecular complexity index is 3440. The van der Waals surface area contributed by atoms with Crippen LogP contribution in [0.25, 0.3) is 98.8 Å². The lowest BCUT2D eigenvalue weighted by atomic mass is 9.69. The van der Waals surface area contributed by atoms with Crippen molar-refractivity contribution in [3.63, 3.8) is 0 Å². The Labute approximate surface area is 323 Å². The lowest BCUT2D eigenvalue weighted by Crippen LogP contribution is -2.26. The summed E-state index contributed by atoms with van der Waals surface area (Å²) in [5.74, 6) is 0. The van der Waals surface area contributed by atoms with Crippen molar-refractivity contribution in [3.05, 3.63) is 216 Å². The molecular weight excluding hydrogens is 677 g/mol. The highest BCUT2D eigenvalue weighted by atomic mass is 16.3. The van der Waals surface area contributed by atoms with Gasteiger partial charge < -0.3 is 4.42 Å². The Kier molecular flexibility index (Phi) is 5.89. The third-order valence-electron chi connectivity index (χ3n) is 12.8. The minimum atomic E-state index is -0.508. The van der Waals surface area contributed by atoms with Crippen LogP contribution in [0.15, 0.2) is 199 Å². The summed E-state index contributed by atoms with van der Waals surface area (Å²) >= 11 is 0. The van der Waals surface area contributed by atoms with E-state index in [9.17, 15) is 0 Å². The van der Waals surface area contributed by atoms with E-state index in [1.165, 1.54) is 93.7 Å². The number of rotatable bonds is 2. The molecule has 0 atom stereocenters. The van der Waals surface area contributed by atoms with Crippen LogP contribution in [-0.2, 0) is 5.41 Å². The van der Waals surface area contributed by atoms with Crippen LogP contribution in [0, 0.1) is 0 Å². The van der Waals surface area contributed by atoms with Gasteiger partial charge in [0.2, 0.25) is 0 Å². The molecule has 0 unspecified atom stereocenters. The lowest BCUT2D eigenvalue weighted by Gasteiger charge is -2.31. The smallest absolute Gasteiger partial charge is 0.143 e. The van der Waals surface area contributed by atoms with Crippen molar-refractivity contribution in [2.75, 3.05) is 0 Å². The SMILES string of the molecule is c1ccc2c(c1)-c1ccccc1C21c2cc(-c3cccc4oc5c6ccccc6ccc5c34)ccc2-c2c1cc1ccccc1c2-c1ccc2ccccc2c1. The molecule has 0 saturated heterocycles. The largest absolute Gasteiger partial charge is 0.455 e. The number of fused-ring (bicyclic) bond motifs is 17. The monoisotopic (exact) mass is 708 g/mol. The molecule has 0 radical (unpaired) electrons. The molecule has 0 bridgehead atoms. The summed E-state index contributed by atoms with van der Waals surface area (Å²) in [5, 5.41) is 9.67. The summed E-state index contributed by atoms with van der Waals surface area (Å²) in [4.78, 5) is 0. The van der Waals surface area contributed by atoms with Gasteiger partial charge in [-0.05, 0) is 124 Å². The average Bonchev–Trinajstić information content (AvgIpc) is 3.89. The molecule has 0 amide bonds. The van der Waals surface area contributed by atoms with Crippen molar-refractivity contribution < 1.29 is 4.42 Å². The molecular formula is C55H32O. The second kappa shape index (κ2) is 10.9. The molecule has 1 heterocycles. The van der Waals surface area contributed by atoms with E-state index in [1.807, 2.05) is 0 Å². The standard InChI is InChI=1S/C55H32O/c1-2-14-35-30-38(25-24-33(35)12-1)51-39-16-5-4-15-36(39)32-49-53(51)44-28-27-37(31-48(44)55(49)46-21-9-7-18-42(46)43-19-8-10-22-47(43)55)40-20-11-23-50-52(40)45-29-26-34-13-3-6-17-41(34)54(45)56-50/h1-32H. The molecule has 0 N–H and O–H groups in total. The summed E-state index contributed by atoms with van der Waals surface area (Å²) in [5.41, 5.74) is 16.9. The van der Waals surface area contributed by atoms with E-state index in [0.717, 1.165) is 27.3 Å². The molecule has 2 aliphatic carbocycles. The van der Waals surface area contributed by atoms with E-state index < -0.39 is 5.41 Å². The lowest BCUT2D eigenvalue weighted by molar-refractivity contribution is 0.673. The van der Waals surface area contributed by atoms with Crippen LogP contribution in [-0.4, -0.2) is 0 Å². The van der Waals surface area contributed by atoms with E-state index in [2.05, 4.69) is 194 Å². The maximum atomic E-state index is 6.70. The molecule has 10 aromatic carbocycles. The van der Waals surface area contributed by atoms with Crippen LogP contribution in [0.3, 0.4) is 0 Å². The maximum Gasteiger partial charge on any atom is 0.143 e. The minimum Gasteiger partial charge on any atom is -0.455 e. The Hall–Kier alpha value is -7.22. The zero-order valence-electron chi connectivity index (χ0n) is 30.4. The number of hydrogen-bond donors (Lipinski definition) is 0. The normalized spacial score (nSPS) is 13.5. The van der Waals surface area contributed by atoms with Crippen molar-refractivity contribution in [2.45, 2.75) is 5.41 Å². The van der Waals surface area contributed by atoms with E-state index in [-0.39, 0.29) is 0 Å². The van der Waals surface area contributed by atoms with Gasteiger partial charge in [0.25, 0.3) is 0 Å². The quantitative estimate of drug-likeness (QED) is 0.174. The highest BCUT2D eigenvalue weighted by Crippen LogP contribution is 2.65. The fourth-order valence-electron chi connectivity index (χ4n) is 10.6. The van der Waals surface area contributed by atoms with Crippen LogP contribution in [0.2, 0.25) is 0 Å². The van der Waals surface area contributed by atoms with Gasteiger partial charge in [-0.2, -0.15) is 0 Å². The third-order valence-corrected chi connectivity index (χ3v) is 12.8. The molecule has 56 heavy (non-hydrogen) atoms. The summed E-state index contributed by atoms with van der Waals surface area (Å²) in [6, 6.07) is 72.2. The molecule has 1 spiro atoms. The highest BCUT2D eigenvalue weighted by molar-refractivity contribution is 6.19. The zero-order chi connectivity index (χ0) is 36.5. The predicted molar refractivity (Wildman–Crippen MR) is 233 cm³/mol. The zero-order valence-corrected chi connectivity index (χ0v) is 30.4. The van der Waals surface area contributed by atoms with E-state index in [1.54, 1.807) is 0 Å². The van der Waals surface area contributed by atoms with E-state index >= 15 is 0 Å². The number of furan rings is 1. The van der Waals surface area contributed by atoms with Gasteiger partial charge in [0, 0.05) is 16.2 Å². The van der Waals surface area contributed by atoms with Gasteiger partial charge in [-0.1, -0.05) is 164 Å². The molecule has 0 fully saturated rings. The topological polar surface area (TPSA) is 13.1 Å². The fraction of sp³-hybridized carbons (Fsp3) is 0.0182. The van der Waals surface area contributed by atoms with Crippen LogP contribution in [0.5, 0.6) is 0 Å². The summed E-state index contributed by atoms with van der Waals surface area (Å²) < 4.78 is 6.70. The van der Waals surface area contributed by atoms with Gasteiger partial charge in [-0.25, -0.2) is 0 Å². The summed E-state index contributed by atoms with van der Waals surface area (Å²) in [6.45, 7) is 0. The number of hydrogen-bond acceptors (Lipinski definition) is 1. The van der Waals surface area contributed by atoms with Crippen molar-refractivity contribution in [2.24, 2.45) is 0 Å². The number of benzene rings is 10. The molecule has 1 heteroatoms. The van der Waals surface area contributed by atoms with Gasteiger partial charge in [0.1, 0.15) is 11.2 Å². The summed E-state index contributed by atoms with van der Waals surface area (Å²) in [6.07, 6.45) is 0. The summed E-state index contributed by atoms with van der Waals surface area (Å²) in [7, 11) is 0. The van der Waals surface area contributed by atoms with Crippen LogP contribution in [0.1, 0.15) is 22.3 Å². The fourth-order valence-corrected chi connectivity index (χ4v) is 10.6. The second-order valence-corrected chi connectivity index (χ2v) is 15.5. The highest BCUT2D eigenvalue weighted by Gasteiger charge is 2.52. The van der Waals surface area contributed by atoms with Gasteiger partial charge in [-0.3, -0.25) is 0 Å². The first-order valence-electron chi connectivity index (χ1n) is 19.5. The molecule has 2 aliphatic rings. The molecule has 1 aromatic heterocycles. The Morgan fingerprint density at radius 2 is 0.964 bits per heavy atom. The Balaban J connectivity index is 1.17. The van der Waals surface area contributed by atoms with Crippen molar-refractivity contribution in [1.29, 1.82) is 0 Å². The first-order chi connectivity index (χ1) is 27.8. The van der Waals surface area contributed by atoms with Crippen LogP contribution >= 0.6 is 0 Å². The van der Waals surface area contributed by atoms with Gasteiger partial charge >= 0.3 is 0 Å². The molecule has 0 saturated carbocycles. The molecule has 258 valence electrons. The van der Waals surface area contributed by atoms with E-state index in [0.29, 0.717) is 0 Å². The van der Waals surface area contributed by atoms with Crippen molar-refractivity contribution >= 4 is 54.3 Å².